The molecule has 1 nitrogen and oxygen atoms in total. The van der Waals surface area contributed by atoms with E-state index in [1.165, 1.54) is 24.8 Å². The molecule has 1 N–H and O–H groups in total. The number of hydrogen-bond donors (Lipinski definition) is 1. The highest BCUT2D eigenvalue weighted by molar-refractivity contribution is 5.05. The Morgan fingerprint density at radius 3 is 2.53 bits per heavy atom. The predicted octanol–water partition coefficient (Wildman–Crippen LogP) is 3.39. The molecule has 0 radical (unpaired) electrons. The van der Waals surface area contributed by atoms with Gasteiger partial charge in [0.2, 0.25) is 0 Å². The van der Waals surface area contributed by atoms with Gasteiger partial charge in [0, 0.05) is 0 Å². The summed E-state index contributed by atoms with van der Waals surface area (Å²) in [5.41, 5.74) is 1.41. The fourth-order valence-electron chi connectivity index (χ4n) is 3.78. The third-order valence-electron chi connectivity index (χ3n) is 4.46. The van der Waals surface area contributed by atoms with Crippen LogP contribution in [-0.2, 0) is 0 Å². The van der Waals surface area contributed by atoms with Crippen LogP contribution < -0.4 is 0 Å². The van der Waals surface area contributed by atoms with Gasteiger partial charge in [-0.05, 0) is 63.2 Å². The van der Waals surface area contributed by atoms with Crippen LogP contribution >= 0.6 is 0 Å². The summed E-state index contributed by atoms with van der Waals surface area (Å²) in [7, 11) is 0. The minimum Gasteiger partial charge on any atom is -0.393 e. The SMILES string of the molecule is CC(C)=C[C@@H]1CC[C@@H](C)[C@H]2CC[C@H](O)[C@@H]21. The van der Waals surface area contributed by atoms with Gasteiger partial charge >= 0.3 is 0 Å². The van der Waals surface area contributed by atoms with Crippen molar-refractivity contribution in [3.63, 3.8) is 0 Å². The summed E-state index contributed by atoms with van der Waals surface area (Å²) in [6.07, 6.45) is 7.29. The highest BCUT2D eigenvalue weighted by atomic mass is 16.3. The van der Waals surface area contributed by atoms with Crippen LogP contribution in [0.3, 0.4) is 0 Å². The molecular weight excluding hydrogens is 184 g/mol. The molecule has 2 aliphatic rings. The maximum absolute atomic E-state index is 10.1. The van der Waals surface area contributed by atoms with Crippen molar-refractivity contribution in [1.29, 1.82) is 0 Å². The van der Waals surface area contributed by atoms with E-state index in [0.29, 0.717) is 11.8 Å². The average molecular weight is 208 g/mol. The lowest BCUT2D eigenvalue weighted by atomic mass is 9.68. The third kappa shape index (κ3) is 2.13. The Morgan fingerprint density at radius 2 is 1.87 bits per heavy atom. The molecule has 0 bridgehead atoms. The Morgan fingerprint density at radius 1 is 1.13 bits per heavy atom. The van der Waals surface area contributed by atoms with Crippen LogP contribution in [0.25, 0.3) is 0 Å². The van der Waals surface area contributed by atoms with E-state index in [0.717, 1.165) is 18.3 Å². The molecule has 0 aromatic rings. The molecule has 0 aromatic carbocycles. The van der Waals surface area contributed by atoms with Gasteiger partial charge in [-0.1, -0.05) is 18.6 Å². The van der Waals surface area contributed by atoms with Gasteiger partial charge in [-0.2, -0.15) is 0 Å². The van der Waals surface area contributed by atoms with Crippen molar-refractivity contribution >= 4 is 0 Å². The first kappa shape index (κ1) is 11.2. The normalized spacial score (nSPS) is 44.9. The van der Waals surface area contributed by atoms with Crippen LogP contribution in [0.15, 0.2) is 11.6 Å². The standard InChI is InChI=1S/C14H24O/c1-9(2)8-11-5-4-10(3)12-6-7-13(15)14(11)12/h8,10-15H,4-7H2,1-3H3/t10-,11+,12-,13+,14-/m1/s1. The lowest BCUT2D eigenvalue weighted by Gasteiger charge is -2.38. The van der Waals surface area contributed by atoms with Crippen LogP contribution in [0.4, 0.5) is 0 Å². The minimum absolute atomic E-state index is 0.0293. The van der Waals surface area contributed by atoms with Gasteiger partial charge in [-0.25, -0.2) is 0 Å². The molecule has 0 saturated heterocycles. The zero-order chi connectivity index (χ0) is 11.0. The summed E-state index contributed by atoms with van der Waals surface area (Å²) in [5, 5.41) is 10.1. The lowest BCUT2D eigenvalue weighted by Crippen LogP contribution is -2.34. The van der Waals surface area contributed by atoms with Crippen molar-refractivity contribution in [2.75, 3.05) is 0 Å². The second-order valence-electron chi connectivity index (χ2n) is 5.85. The Hall–Kier alpha value is -0.300. The second kappa shape index (κ2) is 4.29. The molecule has 0 aliphatic heterocycles. The van der Waals surface area contributed by atoms with Gasteiger partial charge in [0.15, 0.2) is 0 Å². The smallest absolute Gasteiger partial charge is 0.0576 e. The summed E-state index contributed by atoms with van der Waals surface area (Å²) >= 11 is 0. The summed E-state index contributed by atoms with van der Waals surface area (Å²) in [4.78, 5) is 0. The van der Waals surface area contributed by atoms with E-state index in [2.05, 4.69) is 26.8 Å². The van der Waals surface area contributed by atoms with Gasteiger partial charge in [0.25, 0.3) is 0 Å². The van der Waals surface area contributed by atoms with E-state index in [4.69, 9.17) is 0 Å². The number of allylic oxidation sites excluding steroid dienone is 2. The predicted molar refractivity (Wildman–Crippen MR) is 63.5 cm³/mol. The summed E-state index contributed by atoms with van der Waals surface area (Å²) < 4.78 is 0. The molecule has 0 heterocycles. The Balaban J connectivity index is 2.16. The summed E-state index contributed by atoms with van der Waals surface area (Å²) in [6, 6.07) is 0. The molecule has 5 atom stereocenters. The fourth-order valence-corrected chi connectivity index (χ4v) is 3.78. The van der Waals surface area contributed by atoms with E-state index < -0.39 is 0 Å². The molecule has 2 fully saturated rings. The lowest BCUT2D eigenvalue weighted by molar-refractivity contribution is 0.0494. The molecule has 0 aromatic heterocycles. The van der Waals surface area contributed by atoms with Gasteiger partial charge in [0.05, 0.1) is 6.10 Å². The maximum Gasteiger partial charge on any atom is 0.0576 e. The zero-order valence-corrected chi connectivity index (χ0v) is 10.2. The van der Waals surface area contributed by atoms with Crippen molar-refractivity contribution < 1.29 is 5.11 Å². The first-order chi connectivity index (χ1) is 7.09. The van der Waals surface area contributed by atoms with Gasteiger partial charge in [-0.3, -0.25) is 0 Å². The molecule has 0 unspecified atom stereocenters. The van der Waals surface area contributed by atoms with Crippen LogP contribution in [0.2, 0.25) is 0 Å². The number of aliphatic hydroxyl groups is 1. The van der Waals surface area contributed by atoms with Crippen molar-refractivity contribution in [3.8, 4) is 0 Å². The van der Waals surface area contributed by atoms with E-state index in [9.17, 15) is 5.11 Å². The minimum atomic E-state index is -0.0293. The average Bonchev–Trinajstić information content (AvgIpc) is 2.54. The van der Waals surface area contributed by atoms with Crippen LogP contribution in [0.5, 0.6) is 0 Å². The summed E-state index contributed by atoms with van der Waals surface area (Å²) in [5.74, 6) is 2.82. The topological polar surface area (TPSA) is 20.2 Å². The molecule has 2 rings (SSSR count). The molecular formula is C14H24O. The first-order valence-corrected chi connectivity index (χ1v) is 6.42. The van der Waals surface area contributed by atoms with E-state index in [1.807, 2.05) is 0 Å². The Bertz CT molecular complexity index is 252. The van der Waals surface area contributed by atoms with Crippen molar-refractivity contribution in [2.45, 2.75) is 52.6 Å². The Kier molecular flexibility index (Phi) is 3.20. The molecule has 2 aliphatic carbocycles. The van der Waals surface area contributed by atoms with E-state index in [-0.39, 0.29) is 6.10 Å². The van der Waals surface area contributed by atoms with E-state index >= 15 is 0 Å². The van der Waals surface area contributed by atoms with Gasteiger partial charge in [0.1, 0.15) is 0 Å². The largest absolute Gasteiger partial charge is 0.393 e. The molecule has 0 spiro atoms. The zero-order valence-electron chi connectivity index (χ0n) is 10.2. The third-order valence-corrected chi connectivity index (χ3v) is 4.46. The number of aliphatic hydroxyl groups excluding tert-OH is 1. The van der Waals surface area contributed by atoms with Crippen molar-refractivity contribution in [2.24, 2.45) is 23.7 Å². The number of hydrogen-bond acceptors (Lipinski definition) is 1. The monoisotopic (exact) mass is 208 g/mol. The van der Waals surface area contributed by atoms with E-state index in [1.54, 1.807) is 0 Å². The number of fused-ring (bicyclic) bond motifs is 1. The highest BCUT2D eigenvalue weighted by Crippen LogP contribution is 2.48. The van der Waals surface area contributed by atoms with Crippen LogP contribution in [0, 0.1) is 23.7 Å². The fraction of sp³-hybridized carbons (Fsp3) is 0.857. The highest BCUT2D eigenvalue weighted by Gasteiger charge is 2.44. The first-order valence-electron chi connectivity index (χ1n) is 6.42. The quantitative estimate of drug-likeness (QED) is 0.655. The van der Waals surface area contributed by atoms with Crippen molar-refractivity contribution in [1.82, 2.24) is 0 Å². The van der Waals surface area contributed by atoms with Crippen LogP contribution in [0.1, 0.15) is 46.5 Å². The second-order valence-corrected chi connectivity index (χ2v) is 5.85. The van der Waals surface area contributed by atoms with Crippen molar-refractivity contribution in [3.05, 3.63) is 11.6 Å². The van der Waals surface area contributed by atoms with Gasteiger partial charge in [-0.15, -0.1) is 0 Å². The summed E-state index contributed by atoms with van der Waals surface area (Å²) in [6.45, 7) is 6.72. The molecule has 0 amide bonds. The van der Waals surface area contributed by atoms with Gasteiger partial charge < -0.3 is 5.11 Å². The maximum atomic E-state index is 10.1. The molecule has 2 saturated carbocycles. The Labute approximate surface area is 93.6 Å². The van der Waals surface area contributed by atoms with Crippen LogP contribution in [-0.4, -0.2) is 11.2 Å². The number of rotatable bonds is 1. The molecule has 86 valence electrons. The molecule has 15 heavy (non-hydrogen) atoms. The molecule has 1 heteroatoms.